The molecular formula is C16H28N2O. The fourth-order valence-electron chi connectivity index (χ4n) is 2.37. The molecule has 0 spiro atoms. The van der Waals surface area contributed by atoms with E-state index in [2.05, 4.69) is 24.0 Å². The van der Waals surface area contributed by atoms with Gasteiger partial charge in [0.25, 0.3) is 0 Å². The smallest absolute Gasteiger partial charge is 0.0809 e. The molecule has 1 rings (SSSR count). The van der Waals surface area contributed by atoms with Crippen molar-refractivity contribution in [3.05, 3.63) is 23.0 Å². The molecular weight excluding hydrogens is 236 g/mol. The van der Waals surface area contributed by atoms with Gasteiger partial charge in [-0.2, -0.15) is 10.2 Å². The molecule has 1 aromatic rings. The molecule has 0 aliphatic rings. The van der Waals surface area contributed by atoms with Crippen LogP contribution in [0, 0.1) is 6.92 Å². The largest absolute Gasteiger partial charge is 0.388 e. The van der Waals surface area contributed by atoms with Gasteiger partial charge in [-0.25, -0.2) is 0 Å². The Balaban J connectivity index is 2.40. The number of aromatic nitrogens is 2. The minimum atomic E-state index is -0.379. The lowest BCUT2D eigenvalue weighted by Gasteiger charge is -2.14. The van der Waals surface area contributed by atoms with E-state index in [1.54, 1.807) is 0 Å². The fraction of sp³-hybridized carbons (Fsp3) is 0.750. The van der Waals surface area contributed by atoms with Gasteiger partial charge in [0.1, 0.15) is 0 Å². The standard InChI is InChI=1S/C16H28N2O/c1-4-6-7-8-9-10-11-16(19)14-12-13(3)17-18-15(14)5-2/h12,16,19H,4-11H2,1-3H3. The maximum atomic E-state index is 10.3. The van der Waals surface area contributed by atoms with E-state index in [0.717, 1.165) is 36.2 Å². The normalized spacial score (nSPS) is 12.6. The lowest BCUT2D eigenvalue weighted by molar-refractivity contribution is 0.161. The van der Waals surface area contributed by atoms with Gasteiger partial charge >= 0.3 is 0 Å². The Morgan fingerprint density at radius 3 is 2.42 bits per heavy atom. The first kappa shape index (κ1) is 16.1. The van der Waals surface area contributed by atoms with Gasteiger partial charge in [-0.3, -0.25) is 0 Å². The van der Waals surface area contributed by atoms with Gasteiger partial charge < -0.3 is 5.11 Å². The molecule has 0 aliphatic carbocycles. The molecule has 1 aromatic heterocycles. The third kappa shape index (κ3) is 5.68. The van der Waals surface area contributed by atoms with Crippen molar-refractivity contribution >= 4 is 0 Å². The minimum absolute atomic E-state index is 0.379. The van der Waals surface area contributed by atoms with Crippen molar-refractivity contribution in [2.24, 2.45) is 0 Å². The Kier molecular flexibility index (Phi) is 7.65. The highest BCUT2D eigenvalue weighted by Gasteiger charge is 2.13. The monoisotopic (exact) mass is 264 g/mol. The quantitative estimate of drug-likeness (QED) is 0.682. The highest BCUT2D eigenvalue weighted by Crippen LogP contribution is 2.23. The van der Waals surface area contributed by atoms with Gasteiger partial charge in [-0.1, -0.05) is 52.4 Å². The number of rotatable bonds is 9. The molecule has 108 valence electrons. The van der Waals surface area contributed by atoms with Crippen molar-refractivity contribution < 1.29 is 5.11 Å². The molecule has 0 fully saturated rings. The maximum Gasteiger partial charge on any atom is 0.0809 e. The van der Waals surface area contributed by atoms with Crippen molar-refractivity contribution in [1.29, 1.82) is 0 Å². The summed E-state index contributed by atoms with van der Waals surface area (Å²) in [6.45, 7) is 6.21. The van der Waals surface area contributed by atoms with Gasteiger partial charge in [-0.15, -0.1) is 0 Å². The SMILES string of the molecule is CCCCCCCCC(O)c1cc(C)nnc1CC. The second-order valence-corrected chi connectivity index (χ2v) is 5.31. The van der Waals surface area contributed by atoms with Gasteiger partial charge in [-0.05, 0) is 25.8 Å². The molecule has 0 saturated carbocycles. The molecule has 3 heteroatoms. The Hall–Kier alpha value is -0.960. The number of hydrogen-bond acceptors (Lipinski definition) is 3. The lowest BCUT2D eigenvalue weighted by atomic mass is 10.00. The van der Waals surface area contributed by atoms with Crippen LogP contribution in [0.2, 0.25) is 0 Å². The molecule has 1 N–H and O–H groups in total. The predicted molar refractivity (Wildman–Crippen MR) is 79.1 cm³/mol. The molecule has 0 bridgehead atoms. The average molecular weight is 264 g/mol. The van der Waals surface area contributed by atoms with Crippen LogP contribution in [0.15, 0.2) is 6.07 Å². The van der Waals surface area contributed by atoms with Crippen LogP contribution in [0.25, 0.3) is 0 Å². The van der Waals surface area contributed by atoms with Crippen LogP contribution in [0.5, 0.6) is 0 Å². The van der Waals surface area contributed by atoms with Crippen molar-refractivity contribution in [3.8, 4) is 0 Å². The van der Waals surface area contributed by atoms with Gasteiger partial charge in [0.2, 0.25) is 0 Å². The third-order valence-corrected chi connectivity index (χ3v) is 3.55. The number of aliphatic hydroxyl groups is 1. The second kappa shape index (κ2) is 9.03. The zero-order chi connectivity index (χ0) is 14.1. The van der Waals surface area contributed by atoms with E-state index >= 15 is 0 Å². The zero-order valence-corrected chi connectivity index (χ0v) is 12.7. The van der Waals surface area contributed by atoms with Crippen molar-refractivity contribution in [3.63, 3.8) is 0 Å². The summed E-state index contributed by atoms with van der Waals surface area (Å²) >= 11 is 0. The fourth-order valence-corrected chi connectivity index (χ4v) is 2.37. The first-order valence-electron chi connectivity index (χ1n) is 7.70. The number of aliphatic hydroxyl groups excluding tert-OH is 1. The number of unbranched alkanes of at least 4 members (excludes halogenated alkanes) is 5. The molecule has 0 aromatic carbocycles. The zero-order valence-electron chi connectivity index (χ0n) is 12.7. The highest BCUT2D eigenvalue weighted by molar-refractivity contribution is 5.23. The summed E-state index contributed by atoms with van der Waals surface area (Å²) in [6, 6.07) is 1.98. The van der Waals surface area contributed by atoms with E-state index in [1.807, 2.05) is 13.0 Å². The summed E-state index contributed by atoms with van der Waals surface area (Å²) in [4.78, 5) is 0. The molecule has 0 aliphatic heterocycles. The van der Waals surface area contributed by atoms with Crippen LogP contribution in [0.4, 0.5) is 0 Å². The van der Waals surface area contributed by atoms with Crippen LogP contribution in [-0.4, -0.2) is 15.3 Å². The van der Waals surface area contributed by atoms with E-state index in [-0.39, 0.29) is 6.10 Å². The number of nitrogens with zero attached hydrogens (tertiary/aromatic N) is 2. The van der Waals surface area contributed by atoms with Crippen LogP contribution in [0.1, 0.15) is 81.8 Å². The van der Waals surface area contributed by atoms with E-state index in [0.29, 0.717) is 0 Å². The molecule has 1 unspecified atom stereocenters. The average Bonchev–Trinajstić information content (AvgIpc) is 2.42. The van der Waals surface area contributed by atoms with Crippen LogP contribution < -0.4 is 0 Å². The van der Waals surface area contributed by atoms with Crippen LogP contribution in [0.3, 0.4) is 0 Å². The summed E-state index contributed by atoms with van der Waals surface area (Å²) in [5.74, 6) is 0. The van der Waals surface area contributed by atoms with Crippen LogP contribution >= 0.6 is 0 Å². The molecule has 3 nitrogen and oxygen atoms in total. The molecule has 1 atom stereocenters. The van der Waals surface area contributed by atoms with E-state index in [1.165, 1.54) is 32.1 Å². The van der Waals surface area contributed by atoms with Gasteiger partial charge in [0.15, 0.2) is 0 Å². The lowest BCUT2D eigenvalue weighted by Crippen LogP contribution is -2.06. The molecule has 0 radical (unpaired) electrons. The predicted octanol–water partition coefficient (Wildman–Crippen LogP) is 4.13. The van der Waals surface area contributed by atoms with Crippen molar-refractivity contribution in [1.82, 2.24) is 10.2 Å². The number of hydrogen-bond donors (Lipinski definition) is 1. The van der Waals surface area contributed by atoms with Crippen LogP contribution in [-0.2, 0) is 6.42 Å². The molecule has 0 amide bonds. The Morgan fingerprint density at radius 1 is 1.05 bits per heavy atom. The summed E-state index contributed by atoms with van der Waals surface area (Å²) in [6.07, 6.45) is 8.82. The van der Waals surface area contributed by atoms with E-state index in [9.17, 15) is 5.11 Å². The third-order valence-electron chi connectivity index (χ3n) is 3.55. The Morgan fingerprint density at radius 2 is 1.74 bits per heavy atom. The minimum Gasteiger partial charge on any atom is -0.388 e. The van der Waals surface area contributed by atoms with E-state index in [4.69, 9.17) is 0 Å². The second-order valence-electron chi connectivity index (χ2n) is 5.31. The molecule has 0 saturated heterocycles. The summed E-state index contributed by atoms with van der Waals surface area (Å²) in [5.41, 5.74) is 2.79. The van der Waals surface area contributed by atoms with Gasteiger partial charge in [0.05, 0.1) is 17.5 Å². The summed E-state index contributed by atoms with van der Waals surface area (Å²) < 4.78 is 0. The van der Waals surface area contributed by atoms with Gasteiger partial charge in [0, 0.05) is 5.56 Å². The molecule has 19 heavy (non-hydrogen) atoms. The first-order valence-corrected chi connectivity index (χ1v) is 7.70. The highest BCUT2D eigenvalue weighted by atomic mass is 16.3. The Bertz CT molecular complexity index is 366. The van der Waals surface area contributed by atoms with E-state index < -0.39 is 0 Å². The van der Waals surface area contributed by atoms with Crippen molar-refractivity contribution in [2.45, 2.75) is 78.2 Å². The summed E-state index contributed by atoms with van der Waals surface area (Å²) in [5, 5.41) is 18.5. The number of aryl methyl sites for hydroxylation is 2. The first-order chi connectivity index (χ1) is 9.19. The molecule has 1 heterocycles. The summed E-state index contributed by atoms with van der Waals surface area (Å²) in [7, 11) is 0. The Labute approximate surface area is 117 Å². The maximum absolute atomic E-state index is 10.3. The topological polar surface area (TPSA) is 46.0 Å². The van der Waals surface area contributed by atoms with Crippen molar-refractivity contribution in [2.75, 3.05) is 0 Å².